The molecule has 0 spiro atoms. The van der Waals surface area contributed by atoms with Crippen molar-refractivity contribution in [2.24, 2.45) is 0 Å². The first-order chi connectivity index (χ1) is 6.74. The molecule has 0 bridgehead atoms. The second-order valence-electron chi connectivity index (χ2n) is 2.85. The summed E-state index contributed by atoms with van der Waals surface area (Å²) in [7, 11) is 2.57. The number of hydrogen-bond donors (Lipinski definition) is 1. The van der Waals surface area contributed by atoms with E-state index in [1.165, 1.54) is 0 Å². The lowest BCUT2D eigenvalue weighted by Gasteiger charge is -2.24. The molecule has 0 unspecified atom stereocenters. The third-order valence-corrected chi connectivity index (χ3v) is 4.85. The second kappa shape index (κ2) is 7.99. The standard InChI is InChI=1S/C9H21NO3Si/c1-5-7-10-8-6-9-14(11-2,12-3)13-4/h5,7,10H,6,8-9H2,1-4H3/b7-5+. The summed E-state index contributed by atoms with van der Waals surface area (Å²) in [5, 5.41) is 3.15. The topological polar surface area (TPSA) is 39.7 Å². The van der Waals surface area contributed by atoms with Crippen molar-refractivity contribution < 1.29 is 13.3 Å². The highest BCUT2D eigenvalue weighted by Crippen LogP contribution is 2.14. The molecule has 4 nitrogen and oxygen atoms in total. The highest BCUT2D eigenvalue weighted by molar-refractivity contribution is 6.60. The number of hydrogen-bond acceptors (Lipinski definition) is 4. The zero-order valence-electron chi connectivity index (χ0n) is 9.50. The van der Waals surface area contributed by atoms with Crippen LogP contribution in [0.3, 0.4) is 0 Å². The minimum atomic E-state index is -2.34. The van der Waals surface area contributed by atoms with Crippen LogP contribution in [0.15, 0.2) is 12.3 Å². The lowest BCUT2D eigenvalue weighted by molar-refractivity contribution is 0.123. The van der Waals surface area contributed by atoms with Crippen LogP contribution >= 0.6 is 0 Å². The summed E-state index contributed by atoms with van der Waals surface area (Å²) < 4.78 is 15.9. The van der Waals surface area contributed by atoms with E-state index >= 15 is 0 Å². The molecule has 0 rings (SSSR count). The van der Waals surface area contributed by atoms with Gasteiger partial charge in [0.1, 0.15) is 0 Å². The molecule has 84 valence electrons. The molecule has 0 aromatic carbocycles. The molecule has 0 atom stereocenters. The highest BCUT2D eigenvalue weighted by Gasteiger charge is 2.36. The van der Waals surface area contributed by atoms with E-state index < -0.39 is 8.80 Å². The fourth-order valence-electron chi connectivity index (χ4n) is 1.16. The smallest absolute Gasteiger partial charge is 0.391 e. The molecule has 5 heteroatoms. The normalized spacial score (nSPS) is 12.3. The number of allylic oxidation sites excluding steroid dienone is 1. The van der Waals surface area contributed by atoms with Gasteiger partial charge in [0.25, 0.3) is 0 Å². The summed E-state index contributed by atoms with van der Waals surface area (Å²) in [6.45, 7) is 2.89. The van der Waals surface area contributed by atoms with E-state index in [0.717, 1.165) is 19.0 Å². The fourth-order valence-corrected chi connectivity index (χ4v) is 2.89. The van der Waals surface area contributed by atoms with E-state index in [-0.39, 0.29) is 0 Å². The van der Waals surface area contributed by atoms with Gasteiger partial charge >= 0.3 is 8.80 Å². The minimum Gasteiger partial charge on any atom is -0.391 e. The fraction of sp³-hybridized carbons (Fsp3) is 0.778. The van der Waals surface area contributed by atoms with Gasteiger partial charge in [-0.2, -0.15) is 0 Å². The molecule has 0 aromatic rings. The van der Waals surface area contributed by atoms with Crippen LogP contribution in [0.4, 0.5) is 0 Å². The zero-order valence-corrected chi connectivity index (χ0v) is 10.5. The van der Waals surface area contributed by atoms with Crippen LogP contribution in [-0.2, 0) is 13.3 Å². The second-order valence-corrected chi connectivity index (χ2v) is 5.94. The summed E-state index contributed by atoms with van der Waals surface area (Å²) in [5.74, 6) is 0. The molecule has 0 aliphatic heterocycles. The molecule has 14 heavy (non-hydrogen) atoms. The molecule has 0 aliphatic rings. The average molecular weight is 219 g/mol. The SMILES string of the molecule is C/C=C/NCCC[Si](OC)(OC)OC. The first-order valence-corrected chi connectivity index (χ1v) is 6.68. The lowest BCUT2D eigenvalue weighted by Crippen LogP contribution is -2.43. The maximum Gasteiger partial charge on any atom is 0.500 e. The van der Waals surface area contributed by atoms with Crippen molar-refractivity contribution in [2.45, 2.75) is 19.4 Å². The Morgan fingerprint density at radius 3 is 2.14 bits per heavy atom. The number of rotatable bonds is 8. The molecular formula is C9H21NO3Si. The monoisotopic (exact) mass is 219 g/mol. The van der Waals surface area contributed by atoms with E-state index in [0.29, 0.717) is 0 Å². The molecule has 0 amide bonds. The maximum atomic E-state index is 5.29. The largest absolute Gasteiger partial charge is 0.500 e. The van der Waals surface area contributed by atoms with Gasteiger partial charge in [0.05, 0.1) is 0 Å². The lowest BCUT2D eigenvalue weighted by atomic mass is 10.5. The van der Waals surface area contributed by atoms with Crippen LogP contribution < -0.4 is 5.32 Å². The molecule has 0 fully saturated rings. The van der Waals surface area contributed by atoms with Gasteiger partial charge in [0, 0.05) is 33.9 Å². The quantitative estimate of drug-likeness (QED) is 0.494. The number of nitrogens with one attached hydrogen (secondary N) is 1. The van der Waals surface area contributed by atoms with Gasteiger partial charge in [0.15, 0.2) is 0 Å². The van der Waals surface area contributed by atoms with Gasteiger partial charge in [-0.05, 0) is 19.5 Å². The third-order valence-electron chi connectivity index (χ3n) is 2.02. The predicted molar refractivity (Wildman–Crippen MR) is 59.0 cm³/mol. The molecule has 0 saturated heterocycles. The molecule has 0 aliphatic carbocycles. The van der Waals surface area contributed by atoms with Crippen LogP contribution in [0.1, 0.15) is 13.3 Å². The van der Waals surface area contributed by atoms with Crippen molar-refractivity contribution in [2.75, 3.05) is 27.9 Å². The third kappa shape index (κ3) is 4.76. The Balaban J connectivity index is 3.71. The summed E-state index contributed by atoms with van der Waals surface area (Å²) in [5.41, 5.74) is 0. The maximum absolute atomic E-state index is 5.29. The van der Waals surface area contributed by atoms with E-state index in [1.54, 1.807) is 21.3 Å². The van der Waals surface area contributed by atoms with Crippen molar-refractivity contribution in [1.29, 1.82) is 0 Å². The van der Waals surface area contributed by atoms with Crippen molar-refractivity contribution in [3.8, 4) is 0 Å². The molecule has 0 heterocycles. The van der Waals surface area contributed by atoms with E-state index in [4.69, 9.17) is 13.3 Å². The Hall–Kier alpha value is -0.363. The minimum absolute atomic E-state index is 0.834. The van der Waals surface area contributed by atoms with Crippen LogP contribution in [0.5, 0.6) is 0 Å². The highest BCUT2D eigenvalue weighted by atomic mass is 28.4. The van der Waals surface area contributed by atoms with Gasteiger partial charge in [0.2, 0.25) is 0 Å². The Kier molecular flexibility index (Phi) is 7.78. The Morgan fingerprint density at radius 2 is 1.71 bits per heavy atom. The first kappa shape index (κ1) is 13.6. The molecule has 0 radical (unpaired) electrons. The predicted octanol–water partition coefficient (Wildman–Crippen LogP) is 1.38. The Bertz CT molecular complexity index is 152. The van der Waals surface area contributed by atoms with Crippen molar-refractivity contribution in [1.82, 2.24) is 5.32 Å². The molecule has 1 N–H and O–H groups in total. The zero-order chi connectivity index (χ0) is 10.9. The van der Waals surface area contributed by atoms with Gasteiger partial charge in [-0.25, -0.2) is 0 Å². The summed E-state index contributed by atoms with van der Waals surface area (Å²) in [6.07, 6.45) is 4.87. The first-order valence-electron chi connectivity index (χ1n) is 4.74. The molecule has 0 saturated carbocycles. The van der Waals surface area contributed by atoms with Crippen LogP contribution in [0, 0.1) is 0 Å². The van der Waals surface area contributed by atoms with Crippen LogP contribution in [-0.4, -0.2) is 36.7 Å². The molecular weight excluding hydrogens is 198 g/mol. The van der Waals surface area contributed by atoms with Crippen molar-refractivity contribution in [3.05, 3.63) is 12.3 Å². The van der Waals surface area contributed by atoms with Gasteiger partial charge in [-0.15, -0.1) is 0 Å². The van der Waals surface area contributed by atoms with Gasteiger partial charge < -0.3 is 18.6 Å². The average Bonchev–Trinajstić information content (AvgIpc) is 2.24. The van der Waals surface area contributed by atoms with Crippen molar-refractivity contribution >= 4 is 8.80 Å². The van der Waals surface area contributed by atoms with Crippen molar-refractivity contribution in [3.63, 3.8) is 0 Å². The summed E-state index contributed by atoms with van der Waals surface area (Å²) in [4.78, 5) is 0. The van der Waals surface area contributed by atoms with Crippen LogP contribution in [0.25, 0.3) is 0 Å². The summed E-state index contributed by atoms with van der Waals surface area (Å²) in [6, 6.07) is 0.834. The summed E-state index contributed by atoms with van der Waals surface area (Å²) >= 11 is 0. The van der Waals surface area contributed by atoms with Gasteiger partial charge in [-0.3, -0.25) is 0 Å². The Labute approximate surface area is 87.6 Å². The van der Waals surface area contributed by atoms with E-state index in [2.05, 4.69) is 5.32 Å². The van der Waals surface area contributed by atoms with E-state index in [1.807, 2.05) is 19.2 Å². The molecule has 0 aromatic heterocycles. The Morgan fingerprint density at radius 1 is 1.14 bits per heavy atom. The van der Waals surface area contributed by atoms with Gasteiger partial charge in [-0.1, -0.05) is 6.08 Å². The van der Waals surface area contributed by atoms with E-state index in [9.17, 15) is 0 Å². The van der Waals surface area contributed by atoms with Crippen LogP contribution in [0.2, 0.25) is 6.04 Å².